The van der Waals surface area contributed by atoms with Crippen molar-refractivity contribution in [3.63, 3.8) is 0 Å². The number of Topliss-reactive ketones (excluding diaryl/α,β-unsaturated/α-hetero) is 1. The molecule has 0 radical (unpaired) electrons. The van der Waals surface area contributed by atoms with Crippen molar-refractivity contribution in [3.8, 4) is 16.1 Å². The molecule has 0 amide bonds. The van der Waals surface area contributed by atoms with E-state index < -0.39 is 0 Å². The zero-order valence-electron chi connectivity index (χ0n) is 18.1. The van der Waals surface area contributed by atoms with Crippen molar-refractivity contribution in [2.45, 2.75) is 13.0 Å². The van der Waals surface area contributed by atoms with Crippen molar-refractivity contribution in [1.82, 2.24) is 19.4 Å². The predicted octanol–water partition coefficient (Wildman–Crippen LogP) is 5.09. The summed E-state index contributed by atoms with van der Waals surface area (Å²) in [6.45, 7) is 1.95. The van der Waals surface area contributed by atoms with E-state index >= 15 is 0 Å². The lowest BCUT2D eigenvalue weighted by molar-refractivity contribution is -0.116. The molecule has 168 valence electrons. The van der Waals surface area contributed by atoms with Gasteiger partial charge in [-0.2, -0.15) is 0 Å². The normalized spacial score (nSPS) is 14.4. The van der Waals surface area contributed by atoms with E-state index in [1.54, 1.807) is 10.9 Å². The van der Waals surface area contributed by atoms with E-state index in [0.29, 0.717) is 34.7 Å². The minimum Gasteiger partial charge on any atom is -0.298 e. The molecule has 0 atom stereocenters. The predicted molar refractivity (Wildman–Crippen MR) is 136 cm³/mol. The summed E-state index contributed by atoms with van der Waals surface area (Å²) in [5.41, 5.74) is 4.12. The van der Waals surface area contributed by atoms with Gasteiger partial charge in [0.25, 0.3) is 5.56 Å². The Morgan fingerprint density at radius 1 is 0.971 bits per heavy atom. The van der Waals surface area contributed by atoms with Crippen LogP contribution in [0.1, 0.15) is 12.1 Å². The molecule has 6 rings (SSSR count). The number of aromatic nitrogens is 3. The standard InChI is InChI=1S/C26H19ClN4O2S/c27-18-4-1-16(2-5-18)24-12-23-25(34-24)26(33)31(15-28-23)20-7-8-22-17(11-20)3-6-19(29-22)13-30-10-9-21(32)14-30/h1-8,11-12,15H,9-10,13-14H2. The maximum atomic E-state index is 13.3. The topological polar surface area (TPSA) is 68.1 Å². The van der Waals surface area contributed by atoms with Crippen molar-refractivity contribution in [3.05, 3.63) is 88.1 Å². The van der Waals surface area contributed by atoms with E-state index in [1.165, 1.54) is 11.3 Å². The number of rotatable bonds is 4. The van der Waals surface area contributed by atoms with Crippen LogP contribution in [0, 0.1) is 0 Å². The van der Waals surface area contributed by atoms with Crippen molar-refractivity contribution in [2.24, 2.45) is 0 Å². The van der Waals surface area contributed by atoms with Crippen LogP contribution in [0.3, 0.4) is 0 Å². The van der Waals surface area contributed by atoms with E-state index in [9.17, 15) is 9.59 Å². The maximum absolute atomic E-state index is 13.3. The van der Waals surface area contributed by atoms with E-state index in [2.05, 4.69) is 9.88 Å². The second-order valence-corrected chi connectivity index (χ2v) is 9.92. The molecule has 1 aliphatic heterocycles. The number of hydrogen-bond donors (Lipinski definition) is 0. The Bertz CT molecular complexity index is 1620. The zero-order valence-corrected chi connectivity index (χ0v) is 19.6. The number of fused-ring (bicyclic) bond motifs is 2. The van der Waals surface area contributed by atoms with Gasteiger partial charge < -0.3 is 0 Å². The fourth-order valence-electron chi connectivity index (χ4n) is 4.30. The van der Waals surface area contributed by atoms with Crippen LogP contribution in [0.4, 0.5) is 0 Å². The van der Waals surface area contributed by atoms with Crippen LogP contribution in [0.15, 0.2) is 71.8 Å². The van der Waals surface area contributed by atoms with Gasteiger partial charge in [-0.05, 0) is 48.0 Å². The SMILES string of the molecule is O=C1CCN(Cc2ccc3cc(-n4cnc5cc(-c6ccc(Cl)cc6)sc5c4=O)ccc3n2)C1. The Morgan fingerprint density at radius 3 is 2.62 bits per heavy atom. The summed E-state index contributed by atoms with van der Waals surface area (Å²) in [6, 6.07) is 19.3. The van der Waals surface area contributed by atoms with Crippen LogP contribution >= 0.6 is 22.9 Å². The molecule has 34 heavy (non-hydrogen) atoms. The molecule has 2 aromatic carbocycles. The third-order valence-electron chi connectivity index (χ3n) is 6.07. The number of nitrogens with zero attached hydrogens (tertiary/aromatic N) is 4. The summed E-state index contributed by atoms with van der Waals surface area (Å²) < 4.78 is 2.19. The minimum absolute atomic E-state index is 0.0992. The first kappa shape index (κ1) is 21.2. The summed E-state index contributed by atoms with van der Waals surface area (Å²) in [5, 5.41) is 1.62. The van der Waals surface area contributed by atoms with E-state index in [4.69, 9.17) is 16.6 Å². The molecule has 0 saturated carbocycles. The maximum Gasteiger partial charge on any atom is 0.275 e. The van der Waals surface area contributed by atoms with Crippen molar-refractivity contribution in [1.29, 1.82) is 0 Å². The average molecular weight is 487 g/mol. The first-order chi connectivity index (χ1) is 16.5. The number of hydrogen-bond acceptors (Lipinski definition) is 6. The average Bonchev–Trinajstić information content (AvgIpc) is 3.46. The van der Waals surface area contributed by atoms with Crippen molar-refractivity contribution < 1.29 is 4.79 Å². The molecular weight excluding hydrogens is 468 g/mol. The minimum atomic E-state index is -0.0992. The van der Waals surface area contributed by atoms with E-state index in [1.807, 2.05) is 60.7 Å². The molecule has 0 bridgehead atoms. The molecule has 0 spiro atoms. The number of benzene rings is 2. The number of carbonyl (C=O) groups is 1. The highest BCUT2D eigenvalue weighted by molar-refractivity contribution is 7.22. The number of thiophene rings is 1. The smallest absolute Gasteiger partial charge is 0.275 e. The lowest BCUT2D eigenvalue weighted by Crippen LogP contribution is -2.20. The first-order valence-corrected chi connectivity index (χ1v) is 12.1. The Labute approximate surface area is 204 Å². The largest absolute Gasteiger partial charge is 0.298 e. The molecule has 0 N–H and O–H groups in total. The second kappa shape index (κ2) is 8.43. The van der Waals surface area contributed by atoms with Crippen LogP contribution in [0.25, 0.3) is 37.2 Å². The molecule has 3 aromatic heterocycles. The quantitative estimate of drug-likeness (QED) is 0.354. The molecule has 5 aromatic rings. The summed E-state index contributed by atoms with van der Waals surface area (Å²) in [4.78, 5) is 37.2. The van der Waals surface area contributed by atoms with Gasteiger partial charge in [0.05, 0.1) is 29.0 Å². The molecule has 1 fully saturated rings. The Kier molecular flexibility index (Phi) is 5.25. The van der Waals surface area contributed by atoms with Crippen LogP contribution in [0.2, 0.25) is 5.02 Å². The van der Waals surface area contributed by atoms with Crippen molar-refractivity contribution in [2.75, 3.05) is 13.1 Å². The Hall–Kier alpha value is -3.39. The molecule has 8 heteroatoms. The van der Waals surface area contributed by atoms with Crippen LogP contribution in [-0.2, 0) is 11.3 Å². The number of ketones is 1. The van der Waals surface area contributed by atoms with Gasteiger partial charge in [0, 0.05) is 34.8 Å². The third kappa shape index (κ3) is 3.92. The van der Waals surface area contributed by atoms with Crippen molar-refractivity contribution >= 4 is 49.8 Å². The highest BCUT2D eigenvalue weighted by atomic mass is 35.5. The summed E-state index contributed by atoms with van der Waals surface area (Å²) in [6.07, 6.45) is 2.20. The summed E-state index contributed by atoms with van der Waals surface area (Å²) in [5.74, 6) is 0.285. The molecule has 4 heterocycles. The summed E-state index contributed by atoms with van der Waals surface area (Å²) >= 11 is 7.44. The molecule has 6 nitrogen and oxygen atoms in total. The zero-order chi connectivity index (χ0) is 23.2. The number of carbonyl (C=O) groups excluding carboxylic acids is 1. The molecule has 1 aliphatic rings. The lowest BCUT2D eigenvalue weighted by atomic mass is 10.1. The second-order valence-electron chi connectivity index (χ2n) is 8.43. The molecule has 0 aliphatic carbocycles. The highest BCUT2D eigenvalue weighted by Gasteiger charge is 2.19. The fraction of sp³-hybridized carbons (Fsp3) is 0.154. The Balaban J connectivity index is 1.33. The number of halogens is 1. The van der Waals surface area contributed by atoms with Gasteiger partial charge in [0.15, 0.2) is 0 Å². The van der Waals surface area contributed by atoms with Crippen LogP contribution < -0.4 is 5.56 Å². The first-order valence-electron chi connectivity index (χ1n) is 10.9. The molecular formula is C26H19ClN4O2S. The Morgan fingerprint density at radius 2 is 1.82 bits per heavy atom. The van der Waals surface area contributed by atoms with Gasteiger partial charge in [-0.1, -0.05) is 29.8 Å². The monoisotopic (exact) mass is 486 g/mol. The number of pyridine rings is 1. The van der Waals surface area contributed by atoms with Gasteiger partial charge in [-0.3, -0.25) is 24.0 Å². The van der Waals surface area contributed by atoms with Gasteiger partial charge in [0.2, 0.25) is 0 Å². The van der Waals surface area contributed by atoms with Gasteiger partial charge in [-0.15, -0.1) is 11.3 Å². The van der Waals surface area contributed by atoms with Gasteiger partial charge in [0.1, 0.15) is 16.8 Å². The van der Waals surface area contributed by atoms with E-state index in [-0.39, 0.29) is 11.3 Å². The van der Waals surface area contributed by atoms with Gasteiger partial charge in [-0.25, -0.2) is 4.98 Å². The van der Waals surface area contributed by atoms with E-state index in [0.717, 1.165) is 39.3 Å². The highest BCUT2D eigenvalue weighted by Crippen LogP contribution is 2.31. The molecule has 0 unspecified atom stereocenters. The fourth-order valence-corrected chi connectivity index (χ4v) is 5.47. The molecule has 1 saturated heterocycles. The lowest BCUT2D eigenvalue weighted by Gasteiger charge is -2.13. The van der Waals surface area contributed by atoms with Gasteiger partial charge >= 0.3 is 0 Å². The number of likely N-dealkylation sites (tertiary alicyclic amines) is 1. The summed E-state index contributed by atoms with van der Waals surface area (Å²) in [7, 11) is 0. The van der Waals surface area contributed by atoms with Crippen LogP contribution in [-0.4, -0.2) is 38.3 Å². The third-order valence-corrected chi connectivity index (χ3v) is 7.48. The van der Waals surface area contributed by atoms with Crippen LogP contribution in [0.5, 0.6) is 0 Å².